The van der Waals surface area contributed by atoms with E-state index in [4.69, 9.17) is 10.2 Å². The SMILES string of the molecule is CC(C)CC(CNC(=O)N(C)C(C)CO)CC(=O)O. The van der Waals surface area contributed by atoms with Crippen LogP contribution in [0.5, 0.6) is 0 Å². The van der Waals surface area contributed by atoms with Gasteiger partial charge in [-0.05, 0) is 25.2 Å². The summed E-state index contributed by atoms with van der Waals surface area (Å²) >= 11 is 0. The molecule has 112 valence electrons. The molecule has 0 spiro atoms. The van der Waals surface area contributed by atoms with Gasteiger partial charge in [-0.25, -0.2) is 4.79 Å². The molecule has 0 saturated carbocycles. The minimum Gasteiger partial charge on any atom is -0.481 e. The smallest absolute Gasteiger partial charge is 0.317 e. The number of nitrogens with zero attached hydrogens (tertiary/aromatic N) is 1. The molecular weight excluding hydrogens is 248 g/mol. The Morgan fingerprint density at radius 3 is 2.26 bits per heavy atom. The third kappa shape index (κ3) is 7.66. The number of urea groups is 1. The van der Waals surface area contributed by atoms with Gasteiger partial charge in [0.25, 0.3) is 0 Å². The second-order valence-electron chi connectivity index (χ2n) is 5.42. The Kier molecular flexibility index (Phi) is 8.14. The molecule has 0 aliphatic heterocycles. The topological polar surface area (TPSA) is 89.9 Å². The number of hydrogen-bond acceptors (Lipinski definition) is 3. The standard InChI is InChI=1S/C13H26N2O4/c1-9(2)5-11(6-12(17)18)7-14-13(19)15(4)10(3)8-16/h9-11,16H,5-8H2,1-4H3,(H,14,19)(H,17,18). The fourth-order valence-electron chi connectivity index (χ4n) is 1.83. The first-order valence-electron chi connectivity index (χ1n) is 6.61. The molecule has 19 heavy (non-hydrogen) atoms. The van der Waals surface area contributed by atoms with Crippen molar-refractivity contribution < 1.29 is 19.8 Å². The van der Waals surface area contributed by atoms with Gasteiger partial charge >= 0.3 is 12.0 Å². The van der Waals surface area contributed by atoms with Crippen LogP contribution in [0.1, 0.15) is 33.6 Å². The third-order valence-electron chi connectivity index (χ3n) is 3.06. The Balaban J connectivity index is 4.29. The van der Waals surface area contributed by atoms with Crippen molar-refractivity contribution in [1.82, 2.24) is 10.2 Å². The molecule has 0 radical (unpaired) electrons. The number of nitrogens with one attached hydrogen (secondary N) is 1. The Morgan fingerprint density at radius 2 is 1.84 bits per heavy atom. The molecule has 6 heteroatoms. The zero-order valence-electron chi connectivity index (χ0n) is 12.2. The minimum absolute atomic E-state index is 0.0533. The highest BCUT2D eigenvalue weighted by molar-refractivity contribution is 5.74. The van der Waals surface area contributed by atoms with Gasteiger partial charge in [0, 0.05) is 20.0 Å². The average Bonchev–Trinajstić information content (AvgIpc) is 2.32. The predicted octanol–water partition coefficient (Wildman–Crippen LogP) is 1.15. The van der Waals surface area contributed by atoms with Crippen LogP contribution in [0.25, 0.3) is 0 Å². The summed E-state index contributed by atoms with van der Waals surface area (Å²) in [5, 5.41) is 20.5. The molecule has 2 amide bonds. The van der Waals surface area contributed by atoms with E-state index in [-0.39, 0.29) is 31.0 Å². The van der Waals surface area contributed by atoms with Crippen molar-refractivity contribution in [2.45, 2.75) is 39.7 Å². The number of carboxylic acids is 1. The monoisotopic (exact) mass is 274 g/mol. The molecule has 0 aromatic rings. The van der Waals surface area contributed by atoms with Crippen molar-refractivity contribution in [3.63, 3.8) is 0 Å². The fourth-order valence-corrected chi connectivity index (χ4v) is 1.83. The summed E-state index contributed by atoms with van der Waals surface area (Å²) in [5.74, 6) is -0.536. The average molecular weight is 274 g/mol. The number of carbonyl (C=O) groups excluding carboxylic acids is 1. The molecule has 0 saturated heterocycles. The lowest BCUT2D eigenvalue weighted by Gasteiger charge is -2.25. The number of aliphatic hydroxyl groups is 1. The summed E-state index contributed by atoms with van der Waals surface area (Å²) in [7, 11) is 1.60. The molecule has 0 fully saturated rings. The highest BCUT2D eigenvalue weighted by atomic mass is 16.4. The number of likely N-dealkylation sites (N-methyl/N-ethyl adjacent to an activating group) is 1. The molecule has 0 bridgehead atoms. The molecule has 0 aliphatic carbocycles. The van der Waals surface area contributed by atoms with Gasteiger partial charge in [0.2, 0.25) is 0 Å². The largest absolute Gasteiger partial charge is 0.481 e. The van der Waals surface area contributed by atoms with Gasteiger partial charge < -0.3 is 20.4 Å². The maximum absolute atomic E-state index is 11.8. The zero-order valence-corrected chi connectivity index (χ0v) is 12.2. The number of rotatable bonds is 8. The summed E-state index contributed by atoms with van der Waals surface area (Å²) in [6.07, 6.45) is 0.809. The highest BCUT2D eigenvalue weighted by Crippen LogP contribution is 2.14. The molecule has 3 N–H and O–H groups in total. The first kappa shape index (κ1) is 17.7. The first-order chi connectivity index (χ1) is 8.77. The van der Waals surface area contributed by atoms with Crippen molar-refractivity contribution in [3.05, 3.63) is 0 Å². The van der Waals surface area contributed by atoms with Gasteiger partial charge in [0.1, 0.15) is 0 Å². The Hall–Kier alpha value is -1.30. The number of amides is 2. The second kappa shape index (κ2) is 8.74. The number of hydrogen-bond donors (Lipinski definition) is 3. The zero-order chi connectivity index (χ0) is 15.0. The molecule has 6 nitrogen and oxygen atoms in total. The fraction of sp³-hybridized carbons (Fsp3) is 0.846. The van der Waals surface area contributed by atoms with Gasteiger partial charge in [-0.2, -0.15) is 0 Å². The van der Waals surface area contributed by atoms with E-state index < -0.39 is 5.97 Å². The summed E-state index contributed by atoms with van der Waals surface area (Å²) in [5.41, 5.74) is 0. The van der Waals surface area contributed by atoms with E-state index >= 15 is 0 Å². The van der Waals surface area contributed by atoms with E-state index in [9.17, 15) is 9.59 Å². The van der Waals surface area contributed by atoms with Gasteiger partial charge in [0.05, 0.1) is 12.6 Å². The Labute approximate surface area is 114 Å². The molecule has 2 atom stereocenters. The third-order valence-corrected chi connectivity index (χ3v) is 3.06. The van der Waals surface area contributed by atoms with Crippen molar-refractivity contribution in [3.8, 4) is 0 Å². The van der Waals surface area contributed by atoms with Crippen LogP contribution >= 0.6 is 0 Å². The maximum Gasteiger partial charge on any atom is 0.317 e. The normalized spacial score (nSPS) is 14.0. The number of aliphatic hydroxyl groups excluding tert-OH is 1. The molecule has 0 aliphatic rings. The molecule has 0 aromatic carbocycles. The Bertz CT molecular complexity index is 294. The molecular formula is C13H26N2O4. The second-order valence-corrected chi connectivity index (χ2v) is 5.42. The molecule has 0 aromatic heterocycles. The van der Waals surface area contributed by atoms with Crippen LogP contribution in [0.4, 0.5) is 4.79 Å². The summed E-state index contributed by atoms with van der Waals surface area (Å²) in [4.78, 5) is 24.0. The molecule has 0 heterocycles. The summed E-state index contributed by atoms with van der Waals surface area (Å²) in [6.45, 7) is 6.02. The van der Waals surface area contributed by atoms with Gasteiger partial charge in [-0.1, -0.05) is 13.8 Å². The van der Waals surface area contributed by atoms with Gasteiger partial charge in [-0.15, -0.1) is 0 Å². The van der Waals surface area contributed by atoms with Crippen LogP contribution in [0.2, 0.25) is 0 Å². The first-order valence-corrected chi connectivity index (χ1v) is 6.61. The molecule has 0 rings (SSSR count). The van der Waals surface area contributed by atoms with Crippen molar-refractivity contribution in [2.75, 3.05) is 20.2 Å². The lowest BCUT2D eigenvalue weighted by molar-refractivity contribution is -0.138. The predicted molar refractivity (Wildman–Crippen MR) is 72.9 cm³/mol. The summed E-state index contributed by atoms with van der Waals surface area (Å²) < 4.78 is 0. The minimum atomic E-state index is -0.850. The van der Waals surface area contributed by atoms with Crippen LogP contribution in [0.3, 0.4) is 0 Å². The quantitative estimate of drug-likeness (QED) is 0.619. The van der Waals surface area contributed by atoms with Crippen LogP contribution in [0, 0.1) is 11.8 Å². The van der Waals surface area contributed by atoms with E-state index in [0.29, 0.717) is 12.5 Å². The van der Waals surface area contributed by atoms with Crippen molar-refractivity contribution in [2.24, 2.45) is 11.8 Å². The number of carbonyl (C=O) groups is 2. The highest BCUT2D eigenvalue weighted by Gasteiger charge is 2.19. The van der Waals surface area contributed by atoms with E-state index in [1.807, 2.05) is 13.8 Å². The van der Waals surface area contributed by atoms with Crippen LogP contribution in [-0.2, 0) is 4.79 Å². The molecule has 2 unspecified atom stereocenters. The van der Waals surface area contributed by atoms with E-state index in [0.717, 1.165) is 6.42 Å². The lowest BCUT2D eigenvalue weighted by Crippen LogP contribution is -2.45. The van der Waals surface area contributed by atoms with Gasteiger partial charge in [-0.3, -0.25) is 4.79 Å². The summed E-state index contributed by atoms with van der Waals surface area (Å²) in [6, 6.07) is -0.552. The van der Waals surface area contributed by atoms with E-state index in [2.05, 4.69) is 5.32 Å². The van der Waals surface area contributed by atoms with Crippen molar-refractivity contribution >= 4 is 12.0 Å². The Morgan fingerprint density at radius 1 is 1.26 bits per heavy atom. The number of aliphatic carboxylic acids is 1. The van der Waals surface area contributed by atoms with Gasteiger partial charge in [0.15, 0.2) is 0 Å². The van der Waals surface area contributed by atoms with E-state index in [1.54, 1.807) is 14.0 Å². The van der Waals surface area contributed by atoms with Crippen LogP contribution in [0.15, 0.2) is 0 Å². The lowest BCUT2D eigenvalue weighted by atomic mass is 9.94. The number of carboxylic acid groups (broad SMARTS) is 1. The van der Waals surface area contributed by atoms with Crippen molar-refractivity contribution in [1.29, 1.82) is 0 Å². The van der Waals surface area contributed by atoms with Crippen LogP contribution in [-0.4, -0.2) is 53.4 Å². The van der Waals surface area contributed by atoms with Crippen LogP contribution < -0.4 is 5.32 Å². The maximum atomic E-state index is 11.8. The van der Waals surface area contributed by atoms with E-state index in [1.165, 1.54) is 4.90 Å².